The zero-order valence-electron chi connectivity index (χ0n) is 15.9. The van der Waals surface area contributed by atoms with E-state index in [0.717, 1.165) is 0 Å². The van der Waals surface area contributed by atoms with Gasteiger partial charge < -0.3 is 14.6 Å². The number of aliphatic hydroxyl groups excluding tert-OH is 1. The summed E-state index contributed by atoms with van der Waals surface area (Å²) >= 11 is 0. The second-order valence-electron chi connectivity index (χ2n) is 8.24. The van der Waals surface area contributed by atoms with Crippen molar-refractivity contribution in [3.63, 3.8) is 0 Å². The van der Waals surface area contributed by atoms with Crippen LogP contribution < -0.4 is 10.6 Å². The molecule has 0 spiro atoms. The van der Waals surface area contributed by atoms with E-state index in [1.165, 1.54) is 0 Å². The van der Waals surface area contributed by atoms with Crippen LogP contribution in [0.2, 0.25) is 0 Å². The molecule has 8 nitrogen and oxygen atoms in total. The van der Waals surface area contributed by atoms with Crippen LogP contribution in [0.15, 0.2) is 4.99 Å². The third kappa shape index (κ3) is 11.7. The minimum atomic E-state index is -0.751. The van der Waals surface area contributed by atoms with Gasteiger partial charge in [-0.2, -0.15) is 0 Å². The van der Waals surface area contributed by atoms with Gasteiger partial charge in [-0.25, -0.2) is 9.59 Å². The molecule has 0 radical (unpaired) electrons. The number of nitrogens with zero attached hydrogens (tertiary/aromatic N) is 1. The first-order valence-electron chi connectivity index (χ1n) is 7.79. The Labute approximate surface area is 144 Å². The van der Waals surface area contributed by atoms with Crippen LogP contribution in [-0.2, 0) is 9.47 Å². The maximum absolute atomic E-state index is 11.9. The Balaban J connectivity index is 5.06. The van der Waals surface area contributed by atoms with Gasteiger partial charge in [-0.05, 0) is 41.5 Å². The van der Waals surface area contributed by atoms with E-state index in [2.05, 4.69) is 15.6 Å². The standard InChI is InChI=1S/C16H31N3O5/c1-14(2,3)23-12(21)18-11(17-9-16(7,8)10-20)19-13(22)24-15(4,5)6/h20H,9-10H2,1-8H3,(H2,17,18,19,21,22). The average molecular weight is 345 g/mol. The van der Waals surface area contributed by atoms with Gasteiger partial charge >= 0.3 is 12.2 Å². The smallest absolute Gasteiger partial charge is 0.414 e. The average Bonchev–Trinajstić information content (AvgIpc) is 2.31. The van der Waals surface area contributed by atoms with Crippen LogP contribution in [-0.4, -0.2) is 47.6 Å². The number of ether oxygens (including phenoxy) is 2. The van der Waals surface area contributed by atoms with Crippen molar-refractivity contribution in [1.82, 2.24) is 10.6 Å². The highest BCUT2D eigenvalue weighted by Crippen LogP contribution is 2.13. The summed E-state index contributed by atoms with van der Waals surface area (Å²) in [5.41, 5.74) is -1.88. The van der Waals surface area contributed by atoms with E-state index < -0.39 is 28.8 Å². The molecular formula is C16H31N3O5. The minimum Gasteiger partial charge on any atom is -0.444 e. The fourth-order valence-corrected chi connectivity index (χ4v) is 1.25. The van der Waals surface area contributed by atoms with E-state index in [1.807, 2.05) is 0 Å². The van der Waals surface area contributed by atoms with Crippen molar-refractivity contribution in [2.24, 2.45) is 10.4 Å². The molecule has 0 aliphatic rings. The third-order valence-corrected chi connectivity index (χ3v) is 2.33. The van der Waals surface area contributed by atoms with E-state index in [1.54, 1.807) is 55.4 Å². The molecule has 0 aromatic heterocycles. The molecule has 0 aromatic rings. The molecule has 0 atom stereocenters. The second-order valence-corrected chi connectivity index (χ2v) is 8.24. The normalized spacial score (nSPS) is 12.2. The van der Waals surface area contributed by atoms with Crippen LogP contribution in [0.25, 0.3) is 0 Å². The number of alkyl carbamates (subject to hydrolysis) is 2. The van der Waals surface area contributed by atoms with E-state index in [9.17, 15) is 14.7 Å². The van der Waals surface area contributed by atoms with Crippen molar-refractivity contribution < 1.29 is 24.2 Å². The summed E-state index contributed by atoms with van der Waals surface area (Å²) in [6.07, 6.45) is -1.50. The van der Waals surface area contributed by atoms with Crippen LogP contribution in [0.5, 0.6) is 0 Å². The number of amides is 2. The SMILES string of the molecule is CC(C)(CO)CN=C(NC(=O)OC(C)(C)C)NC(=O)OC(C)(C)C. The summed E-state index contributed by atoms with van der Waals surface area (Å²) in [6.45, 7) is 14.0. The molecule has 0 saturated carbocycles. The lowest BCUT2D eigenvalue weighted by molar-refractivity contribution is 0.0544. The lowest BCUT2D eigenvalue weighted by Crippen LogP contribution is -2.47. The highest BCUT2D eigenvalue weighted by molar-refractivity contribution is 6.01. The predicted molar refractivity (Wildman–Crippen MR) is 91.9 cm³/mol. The van der Waals surface area contributed by atoms with Crippen molar-refractivity contribution in [2.45, 2.75) is 66.6 Å². The van der Waals surface area contributed by atoms with Crippen LogP contribution in [0.1, 0.15) is 55.4 Å². The summed E-state index contributed by atoms with van der Waals surface area (Å²) < 4.78 is 10.3. The van der Waals surface area contributed by atoms with Gasteiger partial charge in [-0.3, -0.25) is 15.6 Å². The quantitative estimate of drug-likeness (QED) is 0.537. The summed E-state index contributed by atoms with van der Waals surface area (Å²) in [7, 11) is 0. The molecule has 3 N–H and O–H groups in total. The van der Waals surface area contributed by atoms with Crippen molar-refractivity contribution in [1.29, 1.82) is 0 Å². The maximum atomic E-state index is 11.9. The minimum absolute atomic E-state index is 0.0946. The largest absolute Gasteiger partial charge is 0.444 e. The topological polar surface area (TPSA) is 109 Å². The van der Waals surface area contributed by atoms with Crippen molar-refractivity contribution >= 4 is 18.1 Å². The Morgan fingerprint density at radius 2 is 1.25 bits per heavy atom. The first-order chi connectivity index (χ1) is 10.6. The van der Waals surface area contributed by atoms with Gasteiger partial charge in [-0.1, -0.05) is 13.8 Å². The molecule has 8 heteroatoms. The number of aliphatic hydroxyl groups is 1. The van der Waals surface area contributed by atoms with Gasteiger partial charge in [0.25, 0.3) is 0 Å². The van der Waals surface area contributed by atoms with Gasteiger partial charge in [0.2, 0.25) is 5.96 Å². The van der Waals surface area contributed by atoms with Crippen LogP contribution in [0.3, 0.4) is 0 Å². The number of carbonyl (C=O) groups is 2. The number of rotatable bonds is 3. The van der Waals surface area contributed by atoms with Crippen LogP contribution >= 0.6 is 0 Å². The molecule has 0 aliphatic carbocycles. The van der Waals surface area contributed by atoms with E-state index in [0.29, 0.717) is 0 Å². The Hall–Kier alpha value is -1.83. The Bertz CT molecular complexity index is 441. The lowest BCUT2D eigenvalue weighted by atomic mass is 9.95. The molecular weight excluding hydrogens is 314 g/mol. The van der Waals surface area contributed by atoms with Crippen LogP contribution in [0, 0.1) is 5.41 Å². The molecule has 2 amide bonds. The molecule has 0 heterocycles. The number of nitrogens with one attached hydrogen (secondary N) is 2. The van der Waals surface area contributed by atoms with Crippen molar-refractivity contribution in [3.05, 3.63) is 0 Å². The Kier molecular flexibility index (Phi) is 7.69. The predicted octanol–water partition coefficient (Wildman–Crippen LogP) is 2.41. The summed E-state index contributed by atoms with van der Waals surface area (Å²) in [6, 6.07) is 0. The van der Waals surface area contributed by atoms with Crippen molar-refractivity contribution in [2.75, 3.05) is 13.2 Å². The Morgan fingerprint density at radius 3 is 1.54 bits per heavy atom. The molecule has 0 unspecified atom stereocenters. The molecule has 0 fully saturated rings. The maximum Gasteiger partial charge on any atom is 0.414 e. The Morgan fingerprint density at radius 1 is 0.875 bits per heavy atom. The fourth-order valence-electron chi connectivity index (χ4n) is 1.25. The van der Waals surface area contributed by atoms with Crippen molar-refractivity contribution in [3.8, 4) is 0 Å². The van der Waals surface area contributed by atoms with Gasteiger partial charge in [0, 0.05) is 12.0 Å². The highest BCUT2D eigenvalue weighted by atomic mass is 16.6. The number of hydrogen-bond donors (Lipinski definition) is 3. The number of aliphatic imine (C=N–C) groups is 1. The first-order valence-corrected chi connectivity index (χ1v) is 7.79. The monoisotopic (exact) mass is 345 g/mol. The van der Waals surface area contributed by atoms with E-state index >= 15 is 0 Å². The zero-order valence-corrected chi connectivity index (χ0v) is 15.9. The number of hydrogen-bond acceptors (Lipinski definition) is 6. The lowest BCUT2D eigenvalue weighted by Gasteiger charge is -2.23. The summed E-state index contributed by atoms with van der Waals surface area (Å²) in [4.78, 5) is 27.9. The summed E-state index contributed by atoms with van der Waals surface area (Å²) in [5, 5.41) is 14.0. The molecule has 0 aromatic carbocycles. The van der Waals surface area contributed by atoms with Gasteiger partial charge in [-0.15, -0.1) is 0 Å². The molecule has 0 bridgehead atoms. The molecule has 0 aliphatic heterocycles. The molecule has 24 heavy (non-hydrogen) atoms. The third-order valence-electron chi connectivity index (χ3n) is 2.33. The molecule has 140 valence electrons. The zero-order chi connectivity index (χ0) is 19.2. The second kappa shape index (κ2) is 8.32. The molecule has 0 saturated heterocycles. The van der Waals surface area contributed by atoms with Crippen LogP contribution in [0.4, 0.5) is 9.59 Å². The fraction of sp³-hybridized carbons (Fsp3) is 0.812. The molecule has 0 rings (SSSR count). The van der Waals surface area contributed by atoms with Gasteiger partial charge in [0.15, 0.2) is 0 Å². The first kappa shape index (κ1) is 22.2. The highest BCUT2D eigenvalue weighted by Gasteiger charge is 2.22. The van der Waals surface area contributed by atoms with Gasteiger partial charge in [0.05, 0.1) is 6.54 Å². The van der Waals surface area contributed by atoms with E-state index in [4.69, 9.17) is 9.47 Å². The number of carbonyl (C=O) groups excluding carboxylic acids is 2. The number of guanidine groups is 1. The summed E-state index contributed by atoms with van der Waals surface area (Å²) in [5.74, 6) is -0.0972. The van der Waals surface area contributed by atoms with E-state index in [-0.39, 0.29) is 19.1 Å². The van der Waals surface area contributed by atoms with Gasteiger partial charge in [0.1, 0.15) is 11.2 Å².